The Morgan fingerprint density at radius 1 is 1.29 bits per heavy atom. The number of ketones is 1. The summed E-state index contributed by atoms with van der Waals surface area (Å²) in [5.41, 5.74) is 9.05. The van der Waals surface area contributed by atoms with E-state index in [1.165, 1.54) is 0 Å². The van der Waals surface area contributed by atoms with Crippen molar-refractivity contribution in [2.75, 3.05) is 13.8 Å². The summed E-state index contributed by atoms with van der Waals surface area (Å²) in [5, 5.41) is 9.68. The van der Waals surface area contributed by atoms with Crippen molar-refractivity contribution < 1.29 is 14.3 Å². The smallest absolute Gasteiger partial charge is 0.231 e. The van der Waals surface area contributed by atoms with Gasteiger partial charge in [-0.3, -0.25) is 4.79 Å². The fourth-order valence-corrected chi connectivity index (χ4v) is 3.69. The zero-order valence-corrected chi connectivity index (χ0v) is 13.3. The number of ether oxygens (including phenoxy) is 2. The Hall–Kier alpha value is -2.94. The van der Waals surface area contributed by atoms with Crippen LogP contribution in [0.15, 0.2) is 40.9 Å². The molecule has 1 atom stereocenters. The third kappa shape index (κ3) is 1.98. The van der Waals surface area contributed by atoms with E-state index in [0.717, 1.165) is 24.1 Å². The summed E-state index contributed by atoms with van der Waals surface area (Å²) >= 11 is 0. The molecule has 0 aromatic heterocycles. The van der Waals surface area contributed by atoms with E-state index in [1.807, 2.05) is 25.2 Å². The van der Waals surface area contributed by atoms with Gasteiger partial charge in [0.05, 0.1) is 17.6 Å². The fourth-order valence-electron chi connectivity index (χ4n) is 3.69. The fraction of sp³-hybridized carbons (Fsp3) is 0.333. The highest BCUT2D eigenvalue weighted by Crippen LogP contribution is 2.46. The number of carbonyl (C=O) groups is 1. The van der Waals surface area contributed by atoms with Crippen LogP contribution in [0.4, 0.5) is 0 Å². The number of benzene rings is 1. The van der Waals surface area contributed by atoms with Gasteiger partial charge in [0.25, 0.3) is 0 Å². The highest BCUT2D eigenvalue weighted by atomic mass is 16.7. The van der Waals surface area contributed by atoms with Crippen molar-refractivity contribution in [1.82, 2.24) is 4.90 Å². The molecule has 1 aromatic rings. The summed E-state index contributed by atoms with van der Waals surface area (Å²) in [5.74, 6) is 1.36. The van der Waals surface area contributed by atoms with Gasteiger partial charge in [-0.05, 0) is 30.5 Å². The minimum atomic E-state index is -0.441. The van der Waals surface area contributed by atoms with Crippen molar-refractivity contribution in [2.24, 2.45) is 5.73 Å². The Kier molecular flexibility index (Phi) is 3.24. The zero-order valence-electron chi connectivity index (χ0n) is 13.3. The van der Waals surface area contributed by atoms with Crippen molar-refractivity contribution in [3.8, 4) is 17.6 Å². The maximum absolute atomic E-state index is 12.6. The van der Waals surface area contributed by atoms with E-state index in [-0.39, 0.29) is 12.6 Å². The van der Waals surface area contributed by atoms with Gasteiger partial charge in [0, 0.05) is 24.7 Å². The van der Waals surface area contributed by atoms with Crippen LogP contribution in [0.1, 0.15) is 30.7 Å². The molecule has 1 aliphatic carbocycles. The number of nitriles is 1. The third-order valence-electron chi connectivity index (χ3n) is 4.90. The monoisotopic (exact) mass is 323 g/mol. The van der Waals surface area contributed by atoms with E-state index >= 15 is 0 Å². The Labute approximate surface area is 139 Å². The van der Waals surface area contributed by atoms with Gasteiger partial charge in [-0.25, -0.2) is 0 Å². The van der Waals surface area contributed by atoms with Crippen LogP contribution in [0, 0.1) is 11.3 Å². The van der Waals surface area contributed by atoms with Crippen molar-refractivity contribution in [3.63, 3.8) is 0 Å². The Morgan fingerprint density at radius 2 is 2.08 bits per heavy atom. The molecule has 2 N–H and O–H groups in total. The number of fused-ring (bicyclic) bond motifs is 1. The second-order valence-electron chi connectivity index (χ2n) is 6.15. The average molecular weight is 323 g/mol. The van der Waals surface area contributed by atoms with Gasteiger partial charge in [-0.2, -0.15) is 5.26 Å². The number of rotatable bonds is 1. The van der Waals surface area contributed by atoms with Crippen LogP contribution >= 0.6 is 0 Å². The minimum absolute atomic E-state index is 0.0889. The van der Waals surface area contributed by atoms with E-state index in [1.54, 1.807) is 4.90 Å². The van der Waals surface area contributed by atoms with Crippen LogP contribution in [0.5, 0.6) is 11.5 Å². The first kappa shape index (κ1) is 14.6. The van der Waals surface area contributed by atoms with Gasteiger partial charge in [0.15, 0.2) is 17.3 Å². The van der Waals surface area contributed by atoms with Gasteiger partial charge < -0.3 is 20.1 Å². The Morgan fingerprint density at radius 3 is 2.88 bits per heavy atom. The summed E-state index contributed by atoms with van der Waals surface area (Å²) in [6, 6.07) is 7.74. The molecule has 2 heterocycles. The first-order valence-corrected chi connectivity index (χ1v) is 7.91. The second kappa shape index (κ2) is 5.31. The van der Waals surface area contributed by atoms with Crippen LogP contribution < -0.4 is 15.2 Å². The molecule has 0 bridgehead atoms. The topological polar surface area (TPSA) is 88.6 Å². The number of Topliss-reactive ketones (excluding diaryl/α,β-unsaturated/α-hetero) is 1. The van der Waals surface area contributed by atoms with Gasteiger partial charge in [0.2, 0.25) is 6.79 Å². The average Bonchev–Trinajstić information content (AvgIpc) is 3.05. The Bertz CT molecular complexity index is 848. The van der Waals surface area contributed by atoms with E-state index in [4.69, 9.17) is 15.2 Å². The predicted octanol–water partition coefficient (Wildman–Crippen LogP) is 2.15. The first-order chi connectivity index (χ1) is 11.6. The molecule has 1 aromatic carbocycles. The zero-order chi connectivity index (χ0) is 16.8. The van der Waals surface area contributed by atoms with Gasteiger partial charge in [-0.1, -0.05) is 6.07 Å². The number of allylic oxidation sites excluding steroid dienone is 3. The molecule has 0 radical (unpaired) electrons. The predicted molar refractivity (Wildman–Crippen MR) is 85.8 cm³/mol. The van der Waals surface area contributed by atoms with Crippen LogP contribution in [-0.4, -0.2) is 24.5 Å². The van der Waals surface area contributed by atoms with Crippen molar-refractivity contribution in [1.29, 1.82) is 5.26 Å². The summed E-state index contributed by atoms with van der Waals surface area (Å²) in [7, 11) is 1.82. The lowest BCUT2D eigenvalue weighted by atomic mass is 9.76. The maximum atomic E-state index is 12.6. The molecule has 3 aliphatic rings. The lowest BCUT2D eigenvalue weighted by Gasteiger charge is -2.37. The summed E-state index contributed by atoms with van der Waals surface area (Å²) < 4.78 is 10.8. The molecule has 24 heavy (non-hydrogen) atoms. The van der Waals surface area contributed by atoms with E-state index < -0.39 is 5.92 Å². The van der Waals surface area contributed by atoms with Gasteiger partial charge >= 0.3 is 0 Å². The molecule has 0 saturated carbocycles. The normalized spacial score (nSPS) is 22.6. The molecule has 0 saturated heterocycles. The maximum Gasteiger partial charge on any atom is 0.231 e. The lowest BCUT2D eigenvalue weighted by molar-refractivity contribution is -0.116. The van der Waals surface area contributed by atoms with Crippen LogP contribution in [0.2, 0.25) is 0 Å². The summed E-state index contributed by atoms with van der Waals surface area (Å²) in [6.07, 6.45) is 2.11. The third-order valence-corrected chi connectivity index (χ3v) is 4.90. The number of nitrogens with zero attached hydrogens (tertiary/aromatic N) is 2. The molecule has 0 unspecified atom stereocenters. The quantitative estimate of drug-likeness (QED) is 0.852. The number of hydrogen-bond donors (Lipinski definition) is 1. The van der Waals surface area contributed by atoms with Crippen molar-refractivity contribution in [2.45, 2.75) is 25.2 Å². The SMILES string of the molecule is CN1C(N)=C(C#N)[C@H](c2ccc3c(c2)OCO3)C2=C1CCCC2=O. The minimum Gasteiger partial charge on any atom is -0.454 e. The lowest BCUT2D eigenvalue weighted by Crippen LogP contribution is -2.36. The molecule has 6 nitrogen and oxygen atoms in total. The molecule has 2 aliphatic heterocycles. The summed E-state index contributed by atoms with van der Waals surface area (Å²) in [6.45, 7) is 0.183. The number of hydrogen-bond acceptors (Lipinski definition) is 6. The number of carbonyl (C=O) groups excluding carboxylic acids is 1. The molecule has 0 spiro atoms. The Balaban J connectivity index is 1.91. The van der Waals surface area contributed by atoms with E-state index in [2.05, 4.69) is 6.07 Å². The van der Waals surface area contributed by atoms with Crippen molar-refractivity contribution >= 4 is 5.78 Å². The molecular weight excluding hydrogens is 306 g/mol. The van der Waals surface area contributed by atoms with Crippen molar-refractivity contribution in [3.05, 3.63) is 46.4 Å². The molecule has 0 amide bonds. The van der Waals surface area contributed by atoms with Gasteiger partial charge in [0.1, 0.15) is 5.82 Å². The standard InChI is InChI=1S/C18H17N3O3/c1-21-12-3-2-4-13(22)17(12)16(11(8-19)18(21)20)10-5-6-14-15(7-10)24-9-23-14/h5-7,16H,2-4,9,20H2,1H3/t16-/m0/s1. The molecule has 6 heteroatoms. The molecule has 0 fully saturated rings. The second-order valence-corrected chi connectivity index (χ2v) is 6.15. The van der Waals surface area contributed by atoms with Gasteiger partial charge in [-0.15, -0.1) is 0 Å². The number of nitrogens with two attached hydrogens (primary N) is 1. The highest BCUT2D eigenvalue weighted by Gasteiger charge is 2.39. The highest BCUT2D eigenvalue weighted by molar-refractivity contribution is 5.99. The van der Waals surface area contributed by atoms with Crippen LogP contribution in [0.25, 0.3) is 0 Å². The van der Waals surface area contributed by atoms with Crippen LogP contribution in [-0.2, 0) is 4.79 Å². The molecule has 4 rings (SSSR count). The molecular formula is C18H17N3O3. The largest absolute Gasteiger partial charge is 0.454 e. The van der Waals surface area contributed by atoms with Crippen LogP contribution in [0.3, 0.4) is 0 Å². The summed E-state index contributed by atoms with van der Waals surface area (Å²) in [4.78, 5) is 14.4. The van der Waals surface area contributed by atoms with E-state index in [0.29, 0.717) is 34.9 Å². The first-order valence-electron chi connectivity index (χ1n) is 7.91. The van der Waals surface area contributed by atoms with E-state index in [9.17, 15) is 10.1 Å². The molecule has 122 valence electrons.